The highest BCUT2D eigenvalue weighted by Gasteiger charge is 2.13. The molecule has 1 saturated heterocycles. The summed E-state index contributed by atoms with van der Waals surface area (Å²) in [5, 5.41) is 3.43. The van der Waals surface area contributed by atoms with Crippen LogP contribution in [0.2, 0.25) is 0 Å². The molecule has 0 atom stereocenters. The van der Waals surface area contributed by atoms with Gasteiger partial charge in [-0.15, -0.1) is 0 Å². The van der Waals surface area contributed by atoms with Gasteiger partial charge in [-0.1, -0.05) is 29.5 Å². The third kappa shape index (κ3) is 4.68. The molecule has 2 aromatic carbocycles. The Morgan fingerprint density at radius 2 is 1.89 bits per heavy atom. The van der Waals surface area contributed by atoms with Crippen LogP contribution in [-0.4, -0.2) is 42.1 Å². The molecule has 1 aromatic heterocycles. The van der Waals surface area contributed by atoms with Crippen molar-refractivity contribution in [3.8, 4) is 0 Å². The predicted molar refractivity (Wildman–Crippen MR) is 104 cm³/mol. The van der Waals surface area contributed by atoms with Crippen LogP contribution in [0.25, 0.3) is 10.2 Å². The summed E-state index contributed by atoms with van der Waals surface area (Å²) in [6.07, 6.45) is 0.193. The molecule has 0 aliphatic carbocycles. The van der Waals surface area contributed by atoms with E-state index >= 15 is 0 Å². The molecule has 3 aromatic rings. The number of amides is 1. The van der Waals surface area contributed by atoms with Crippen molar-refractivity contribution in [1.82, 2.24) is 9.88 Å². The molecule has 1 fully saturated rings. The van der Waals surface area contributed by atoms with Gasteiger partial charge in [0.25, 0.3) is 0 Å². The highest BCUT2D eigenvalue weighted by molar-refractivity contribution is 7.22. The third-order valence-electron chi connectivity index (χ3n) is 4.49. The number of carbonyl (C=O) groups excluding carboxylic acids is 1. The van der Waals surface area contributed by atoms with Gasteiger partial charge in [0, 0.05) is 19.6 Å². The Kier molecular flexibility index (Phi) is 5.42. The molecule has 27 heavy (non-hydrogen) atoms. The lowest BCUT2D eigenvalue weighted by Crippen LogP contribution is -2.35. The summed E-state index contributed by atoms with van der Waals surface area (Å²) < 4.78 is 19.4. The average molecular weight is 385 g/mol. The lowest BCUT2D eigenvalue weighted by atomic mass is 10.1. The number of nitrogens with one attached hydrogen (secondary N) is 1. The van der Waals surface area contributed by atoms with Crippen molar-refractivity contribution in [3.63, 3.8) is 0 Å². The quantitative estimate of drug-likeness (QED) is 0.731. The molecular formula is C20H20FN3O2S. The minimum Gasteiger partial charge on any atom is -0.379 e. The second-order valence-corrected chi connectivity index (χ2v) is 7.59. The molecule has 1 amide bonds. The Morgan fingerprint density at radius 1 is 1.15 bits per heavy atom. The number of halogens is 1. The monoisotopic (exact) mass is 385 g/mol. The van der Waals surface area contributed by atoms with Gasteiger partial charge in [0.1, 0.15) is 5.82 Å². The van der Waals surface area contributed by atoms with Crippen molar-refractivity contribution in [1.29, 1.82) is 0 Å². The van der Waals surface area contributed by atoms with Gasteiger partial charge in [-0.25, -0.2) is 9.37 Å². The Labute approximate surface area is 160 Å². The van der Waals surface area contributed by atoms with E-state index in [1.165, 1.54) is 29.0 Å². The number of anilines is 1. The first-order valence-electron chi connectivity index (χ1n) is 8.89. The second kappa shape index (κ2) is 8.12. The number of rotatable bonds is 5. The molecule has 140 valence electrons. The Hall–Kier alpha value is -2.35. The average Bonchev–Trinajstić information content (AvgIpc) is 3.06. The maximum atomic E-state index is 13.0. The minimum atomic E-state index is -0.307. The van der Waals surface area contributed by atoms with Crippen LogP contribution in [0, 0.1) is 5.82 Å². The second-order valence-electron chi connectivity index (χ2n) is 6.56. The fourth-order valence-corrected chi connectivity index (χ4v) is 4.04. The summed E-state index contributed by atoms with van der Waals surface area (Å²) in [7, 11) is 0. The van der Waals surface area contributed by atoms with Gasteiger partial charge in [-0.05, 0) is 35.4 Å². The number of fused-ring (bicyclic) bond motifs is 1. The van der Waals surface area contributed by atoms with E-state index in [0.717, 1.165) is 48.6 Å². The Morgan fingerprint density at radius 3 is 2.67 bits per heavy atom. The van der Waals surface area contributed by atoms with Gasteiger partial charge in [0.15, 0.2) is 5.13 Å². The number of hydrogen-bond donors (Lipinski definition) is 1. The van der Waals surface area contributed by atoms with Crippen LogP contribution >= 0.6 is 11.3 Å². The van der Waals surface area contributed by atoms with Crippen LogP contribution in [0.4, 0.5) is 9.52 Å². The van der Waals surface area contributed by atoms with Crippen molar-refractivity contribution in [2.24, 2.45) is 0 Å². The van der Waals surface area contributed by atoms with Crippen LogP contribution < -0.4 is 5.32 Å². The van der Waals surface area contributed by atoms with E-state index < -0.39 is 0 Å². The molecule has 5 nitrogen and oxygen atoms in total. The van der Waals surface area contributed by atoms with Crippen LogP contribution in [0.5, 0.6) is 0 Å². The summed E-state index contributed by atoms with van der Waals surface area (Å²) >= 11 is 1.47. The number of aromatic nitrogens is 1. The number of ether oxygens (including phenoxy) is 1. The van der Waals surface area contributed by atoms with Gasteiger partial charge in [0.05, 0.1) is 29.9 Å². The summed E-state index contributed by atoms with van der Waals surface area (Å²) in [5.74, 6) is -0.465. The smallest absolute Gasteiger partial charge is 0.230 e. The lowest BCUT2D eigenvalue weighted by molar-refractivity contribution is -0.115. The first-order valence-corrected chi connectivity index (χ1v) is 9.71. The fraction of sp³-hybridized carbons (Fsp3) is 0.300. The van der Waals surface area contributed by atoms with Crippen LogP contribution in [-0.2, 0) is 22.5 Å². The van der Waals surface area contributed by atoms with Crippen molar-refractivity contribution in [3.05, 3.63) is 59.4 Å². The molecule has 0 radical (unpaired) electrons. The van der Waals surface area contributed by atoms with E-state index in [9.17, 15) is 9.18 Å². The molecule has 1 N–H and O–H groups in total. The lowest BCUT2D eigenvalue weighted by Gasteiger charge is -2.26. The summed E-state index contributed by atoms with van der Waals surface area (Å²) in [6, 6.07) is 12.2. The van der Waals surface area contributed by atoms with E-state index in [2.05, 4.69) is 27.3 Å². The first kappa shape index (κ1) is 18.0. The molecule has 0 spiro atoms. The van der Waals surface area contributed by atoms with Crippen molar-refractivity contribution < 1.29 is 13.9 Å². The summed E-state index contributed by atoms with van der Waals surface area (Å²) in [5.41, 5.74) is 2.88. The molecule has 4 rings (SSSR count). The van der Waals surface area contributed by atoms with E-state index in [0.29, 0.717) is 5.13 Å². The van der Waals surface area contributed by atoms with E-state index in [1.807, 2.05) is 6.07 Å². The van der Waals surface area contributed by atoms with Crippen molar-refractivity contribution >= 4 is 32.6 Å². The van der Waals surface area contributed by atoms with Gasteiger partial charge >= 0.3 is 0 Å². The van der Waals surface area contributed by atoms with Crippen LogP contribution in [0.15, 0.2) is 42.5 Å². The molecular weight excluding hydrogens is 365 g/mol. The van der Waals surface area contributed by atoms with Crippen LogP contribution in [0.3, 0.4) is 0 Å². The van der Waals surface area contributed by atoms with Gasteiger partial charge in [-0.2, -0.15) is 0 Å². The zero-order valence-corrected chi connectivity index (χ0v) is 15.6. The number of carbonyl (C=O) groups is 1. The standard InChI is InChI=1S/C20H20FN3O2S/c21-16-4-1-14(2-5-16)12-19(25)23-20-22-17-6-3-15(11-18(17)27-20)13-24-7-9-26-10-8-24/h1-6,11H,7-10,12-13H2,(H,22,23,25). The number of nitrogens with zero attached hydrogens (tertiary/aromatic N) is 2. The van der Waals surface area contributed by atoms with Gasteiger partial charge in [0.2, 0.25) is 5.91 Å². The first-order chi connectivity index (χ1) is 13.2. The topological polar surface area (TPSA) is 54.5 Å². The molecule has 0 unspecified atom stereocenters. The highest BCUT2D eigenvalue weighted by atomic mass is 32.1. The number of hydrogen-bond acceptors (Lipinski definition) is 5. The normalized spacial score (nSPS) is 15.1. The van der Waals surface area contributed by atoms with Crippen molar-refractivity contribution in [2.45, 2.75) is 13.0 Å². The zero-order valence-electron chi connectivity index (χ0n) is 14.8. The Balaban J connectivity index is 1.41. The predicted octanol–water partition coefficient (Wildman–Crippen LogP) is 3.45. The number of benzene rings is 2. The van der Waals surface area contributed by atoms with Gasteiger partial charge in [-0.3, -0.25) is 9.69 Å². The summed E-state index contributed by atoms with van der Waals surface area (Å²) in [6.45, 7) is 4.36. The van der Waals surface area contributed by atoms with E-state index in [-0.39, 0.29) is 18.1 Å². The van der Waals surface area contributed by atoms with Crippen LogP contribution in [0.1, 0.15) is 11.1 Å². The maximum absolute atomic E-state index is 13.0. The molecule has 2 heterocycles. The van der Waals surface area contributed by atoms with Crippen molar-refractivity contribution in [2.75, 3.05) is 31.6 Å². The van der Waals surface area contributed by atoms with E-state index in [1.54, 1.807) is 12.1 Å². The zero-order chi connectivity index (χ0) is 18.6. The summed E-state index contributed by atoms with van der Waals surface area (Å²) in [4.78, 5) is 19.1. The molecule has 1 aliphatic heterocycles. The highest BCUT2D eigenvalue weighted by Crippen LogP contribution is 2.27. The van der Waals surface area contributed by atoms with E-state index in [4.69, 9.17) is 4.74 Å². The maximum Gasteiger partial charge on any atom is 0.230 e. The molecule has 7 heteroatoms. The SMILES string of the molecule is O=C(Cc1ccc(F)cc1)Nc1nc2ccc(CN3CCOCC3)cc2s1. The molecule has 0 saturated carbocycles. The number of thiazole rings is 1. The molecule has 1 aliphatic rings. The minimum absolute atomic E-state index is 0.158. The fourth-order valence-electron chi connectivity index (χ4n) is 3.09. The molecule has 0 bridgehead atoms. The van der Waals surface area contributed by atoms with Gasteiger partial charge < -0.3 is 10.1 Å². The number of morpholine rings is 1. The third-order valence-corrected chi connectivity index (χ3v) is 5.42. The largest absolute Gasteiger partial charge is 0.379 e. The Bertz CT molecular complexity index is 936.